The summed E-state index contributed by atoms with van der Waals surface area (Å²) in [6.45, 7) is 8.66. The minimum atomic E-state index is 0. The molecule has 0 spiro atoms. The van der Waals surface area contributed by atoms with E-state index in [4.69, 9.17) is 0 Å². The van der Waals surface area contributed by atoms with Crippen LogP contribution in [0.2, 0.25) is 0 Å². The summed E-state index contributed by atoms with van der Waals surface area (Å²) in [6, 6.07) is 0. The van der Waals surface area contributed by atoms with Gasteiger partial charge in [0.15, 0.2) is 0 Å². The molecule has 83 valence electrons. The summed E-state index contributed by atoms with van der Waals surface area (Å²) >= 11 is 0. The molecular formula is C12H17Cl2Ti. The van der Waals surface area contributed by atoms with E-state index in [9.17, 15) is 0 Å². The van der Waals surface area contributed by atoms with Gasteiger partial charge in [-0.3, -0.25) is 0 Å². The Labute approximate surface area is 121 Å². The zero-order valence-corrected chi connectivity index (χ0v) is 12.8. The van der Waals surface area contributed by atoms with E-state index in [1.165, 1.54) is 22.3 Å². The van der Waals surface area contributed by atoms with E-state index >= 15 is 0 Å². The van der Waals surface area contributed by atoms with Crippen LogP contribution in [0.3, 0.4) is 0 Å². The van der Waals surface area contributed by atoms with Crippen molar-refractivity contribution in [2.24, 2.45) is 0 Å². The molecule has 0 nitrogen and oxygen atoms in total. The fraction of sp³-hybridized carbons (Fsp3) is 0.417. The first kappa shape index (κ1) is 20.8. The molecule has 1 radical (unpaired) electrons. The summed E-state index contributed by atoms with van der Waals surface area (Å²) in [4.78, 5) is 0. The Balaban J connectivity index is -0.000000480. The molecule has 0 heterocycles. The Morgan fingerprint density at radius 2 is 1.60 bits per heavy atom. The molecule has 0 bridgehead atoms. The van der Waals surface area contributed by atoms with Gasteiger partial charge in [-0.1, -0.05) is 27.7 Å². The number of halogens is 2. The van der Waals surface area contributed by atoms with Gasteiger partial charge < -0.3 is 24.8 Å². The Morgan fingerprint density at radius 1 is 1.07 bits per heavy atom. The quantitative estimate of drug-likeness (QED) is 0.350. The molecule has 0 aliphatic heterocycles. The Morgan fingerprint density at radius 3 is 2.00 bits per heavy atom. The van der Waals surface area contributed by atoms with Crippen molar-refractivity contribution < 1.29 is 46.5 Å². The van der Waals surface area contributed by atoms with Crippen molar-refractivity contribution in [2.45, 2.75) is 34.1 Å². The molecule has 15 heavy (non-hydrogen) atoms. The van der Waals surface area contributed by atoms with Gasteiger partial charge in [-0.25, -0.2) is 0 Å². The van der Waals surface area contributed by atoms with E-state index < -0.39 is 0 Å². The number of rotatable bonds is 0. The molecule has 0 aromatic carbocycles. The summed E-state index contributed by atoms with van der Waals surface area (Å²) in [5.41, 5.74) is 5.66. The van der Waals surface area contributed by atoms with E-state index in [1.54, 1.807) is 0 Å². The summed E-state index contributed by atoms with van der Waals surface area (Å²) in [5.74, 6) is 0. The molecule has 1 rings (SSSR count). The van der Waals surface area contributed by atoms with E-state index in [2.05, 4.69) is 46.3 Å². The van der Waals surface area contributed by atoms with Gasteiger partial charge in [-0.15, -0.1) is 40.9 Å². The van der Waals surface area contributed by atoms with Crippen LogP contribution in [-0.2, 0) is 21.7 Å². The van der Waals surface area contributed by atoms with E-state index in [0.29, 0.717) is 0 Å². The van der Waals surface area contributed by atoms with Crippen LogP contribution in [0.25, 0.3) is 0 Å². The average molecular weight is 280 g/mol. The van der Waals surface area contributed by atoms with Crippen LogP contribution in [0.1, 0.15) is 34.1 Å². The maximum atomic E-state index is 2.30. The van der Waals surface area contributed by atoms with Crippen molar-refractivity contribution in [3.63, 3.8) is 0 Å². The van der Waals surface area contributed by atoms with Crippen LogP contribution in [0.5, 0.6) is 0 Å². The molecule has 0 N–H and O–H groups in total. The fourth-order valence-corrected chi connectivity index (χ4v) is 1.27. The fourth-order valence-electron chi connectivity index (χ4n) is 1.27. The molecule has 0 unspecified atom stereocenters. The van der Waals surface area contributed by atoms with Crippen LogP contribution in [0.4, 0.5) is 0 Å². The normalized spacial score (nSPS) is 12.8. The topological polar surface area (TPSA) is 0 Å². The van der Waals surface area contributed by atoms with Crippen LogP contribution in [0.15, 0.2) is 34.4 Å². The Bertz CT molecular complexity index is 267. The van der Waals surface area contributed by atoms with Crippen LogP contribution < -0.4 is 24.8 Å². The predicted octanol–water partition coefficient (Wildman–Crippen LogP) is -2.17. The number of allylic oxidation sites excluding steroid dienone is 6. The van der Waals surface area contributed by atoms with Gasteiger partial charge in [0.25, 0.3) is 0 Å². The van der Waals surface area contributed by atoms with Crippen molar-refractivity contribution >= 4 is 0 Å². The zero-order chi connectivity index (χ0) is 9.14. The van der Waals surface area contributed by atoms with E-state index in [-0.39, 0.29) is 46.5 Å². The van der Waals surface area contributed by atoms with Crippen LogP contribution in [-0.4, -0.2) is 0 Å². The van der Waals surface area contributed by atoms with Crippen LogP contribution in [0, 0.1) is 6.42 Å². The second-order valence-electron chi connectivity index (χ2n) is 3.73. The minimum Gasteiger partial charge on any atom is -1.00 e. The average Bonchev–Trinajstić information content (AvgIpc) is 2.04. The molecular weight excluding hydrogens is 263 g/mol. The Hall–Kier alpha value is 0.384. The summed E-state index contributed by atoms with van der Waals surface area (Å²) in [5, 5.41) is 0. The molecule has 1 aliphatic carbocycles. The minimum absolute atomic E-state index is 0. The van der Waals surface area contributed by atoms with Gasteiger partial charge in [-0.2, -0.15) is 0 Å². The smallest absolute Gasteiger partial charge is 1.00 e. The molecule has 0 saturated heterocycles. The molecule has 0 saturated carbocycles. The molecule has 0 atom stereocenters. The number of hydrogen-bond acceptors (Lipinski definition) is 0. The maximum absolute atomic E-state index is 2.30. The molecule has 0 aromatic rings. The third kappa shape index (κ3) is 6.53. The van der Waals surface area contributed by atoms with Crippen molar-refractivity contribution in [1.29, 1.82) is 0 Å². The summed E-state index contributed by atoms with van der Waals surface area (Å²) in [6.07, 6.45) is 7.84. The number of hydrogen-bond donors (Lipinski definition) is 0. The molecule has 3 heteroatoms. The van der Waals surface area contributed by atoms with Crippen molar-refractivity contribution in [1.82, 2.24) is 0 Å². The van der Waals surface area contributed by atoms with E-state index in [0.717, 1.165) is 6.42 Å². The van der Waals surface area contributed by atoms with Gasteiger partial charge in [0.2, 0.25) is 0 Å². The maximum Gasteiger partial charge on any atom is 3.00 e. The first-order valence-electron chi connectivity index (χ1n) is 4.46. The monoisotopic (exact) mass is 279 g/mol. The van der Waals surface area contributed by atoms with Gasteiger partial charge >= 0.3 is 21.7 Å². The first-order valence-corrected chi connectivity index (χ1v) is 4.46. The third-order valence-electron chi connectivity index (χ3n) is 2.18. The largest absolute Gasteiger partial charge is 3.00 e. The van der Waals surface area contributed by atoms with Crippen molar-refractivity contribution in [2.75, 3.05) is 0 Å². The molecule has 0 fully saturated rings. The van der Waals surface area contributed by atoms with Gasteiger partial charge in [0.05, 0.1) is 0 Å². The second-order valence-corrected chi connectivity index (χ2v) is 3.73. The summed E-state index contributed by atoms with van der Waals surface area (Å²) in [7, 11) is 0. The standard InChI is InChI=1S/C12H17.2ClH.Ti/c1-9(2)11-6-5-7-12(8-11)10(3)4;;;/h5-6,8H,7H2,1-4H3;2*1H;/q-1;;;+3/p-2. The Kier molecular flexibility index (Phi) is 13.3. The molecule has 0 amide bonds. The molecule has 1 aliphatic rings. The predicted molar refractivity (Wildman–Crippen MR) is 54.8 cm³/mol. The second kappa shape index (κ2) is 9.60. The van der Waals surface area contributed by atoms with Gasteiger partial charge in [-0.05, 0) is 6.42 Å². The van der Waals surface area contributed by atoms with Gasteiger partial charge in [0.1, 0.15) is 0 Å². The van der Waals surface area contributed by atoms with Crippen molar-refractivity contribution in [3.05, 3.63) is 40.9 Å². The van der Waals surface area contributed by atoms with Crippen LogP contribution >= 0.6 is 0 Å². The van der Waals surface area contributed by atoms with Crippen molar-refractivity contribution in [3.8, 4) is 0 Å². The van der Waals surface area contributed by atoms with E-state index in [1.807, 2.05) is 0 Å². The third-order valence-corrected chi connectivity index (χ3v) is 2.18. The molecule has 0 aromatic heterocycles. The zero-order valence-electron chi connectivity index (χ0n) is 9.70. The SMILES string of the molecule is CC(C)=C1C=CCC(=C(C)C)[CH-]1.[Cl-].[Cl-].[Ti+3]. The first-order chi connectivity index (χ1) is 5.61. The van der Waals surface area contributed by atoms with Gasteiger partial charge in [0, 0.05) is 0 Å². The summed E-state index contributed by atoms with van der Waals surface area (Å²) < 4.78 is 0.